The van der Waals surface area contributed by atoms with Gasteiger partial charge in [-0.25, -0.2) is 4.68 Å². The molecule has 1 aromatic heterocycles. The zero-order chi connectivity index (χ0) is 20.3. The summed E-state index contributed by atoms with van der Waals surface area (Å²) < 4.78 is 7.06. The van der Waals surface area contributed by atoms with Crippen molar-refractivity contribution in [1.82, 2.24) is 9.78 Å². The molecule has 1 amide bonds. The number of amides is 1. The third-order valence-corrected chi connectivity index (χ3v) is 4.04. The average Bonchev–Trinajstić information content (AvgIpc) is 3.12. The van der Waals surface area contributed by atoms with Crippen LogP contribution in [0.25, 0.3) is 0 Å². The molecule has 0 atom stereocenters. The summed E-state index contributed by atoms with van der Waals surface area (Å²) >= 11 is 5.90. The first kappa shape index (κ1) is 19.2. The Hall–Kier alpha value is -3.59. The van der Waals surface area contributed by atoms with Crippen LogP contribution in [-0.2, 0) is 6.73 Å². The number of carbonyl (C=O) groups is 1. The molecule has 0 unspecified atom stereocenters. The van der Waals surface area contributed by atoms with Crippen molar-refractivity contribution in [2.75, 3.05) is 5.32 Å². The molecule has 3 rings (SSSR count). The number of halogens is 1. The van der Waals surface area contributed by atoms with Gasteiger partial charge in [-0.15, -0.1) is 0 Å². The summed E-state index contributed by atoms with van der Waals surface area (Å²) in [5.41, 5.74) is 0.577. The molecule has 0 aliphatic rings. The van der Waals surface area contributed by atoms with Gasteiger partial charge in [0, 0.05) is 23.4 Å². The van der Waals surface area contributed by atoms with Gasteiger partial charge in [-0.05, 0) is 42.8 Å². The second kappa shape index (κ2) is 7.97. The zero-order valence-corrected chi connectivity index (χ0v) is 15.4. The fourth-order valence-electron chi connectivity index (χ4n) is 2.39. The minimum absolute atomic E-state index is 0.0577. The van der Waals surface area contributed by atoms with E-state index >= 15 is 0 Å². The maximum absolute atomic E-state index is 12.3. The van der Waals surface area contributed by atoms with Crippen molar-refractivity contribution in [2.45, 2.75) is 13.7 Å². The monoisotopic (exact) mass is 402 g/mol. The van der Waals surface area contributed by atoms with Crippen molar-refractivity contribution in [1.29, 1.82) is 0 Å². The minimum atomic E-state index is -0.628. The highest BCUT2D eigenvalue weighted by Gasteiger charge is 2.15. The van der Waals surface area contributed by atoms with E-state index in [1.807, 2.05) is 6.92 Å². The molecule has 28 heavy (non-hydrogen) atoms. The second-order valence-corrected chi connectivity index (χ2v) is 6.27. The first-order chi connectivity index (χ1) is 13.3. The number of benzene rings is 2. The quantitative estimate of drug-likeness (QED) is 0.368. The Morgan fingerprint density at radius 1 is 1.32 bits per heavy atom. The van der Waals surface area contributed by atoms with E-state index in [1.165, 1.54) is 10.7 Å². The molecule has 2 aromatic carbocycles. The van der Waals surface area contributed by atoms with E-state index in [0.29, 0.717) is 10.8 Å². The van der Waals surface area contributed by atoms with Crippen LogP contribution in [0.4, 0.5) is 11.4 Å². The van der Waals surface area contributed by atoms with E-state index in [-0.39, 0.29) is 29.5 Å². The SMILES string of the molecule is Cc1cc(Cl)ccc1OCn1ccc(C(=O)Nc2cc([N+](=O)[O-])ccc2O)n1. The number of hydrogen-bond acceptors (Lipinski definition) is 6. The van der Waals surface area contributed by atoms with Gasteiger partial charge in [-0.1, -0.05) is 11.6 Å². The summed E-state index contributed by atoms with van der Waals surface area (Å²) in [5.74, 6) is -0.287. The Kier molecular flexibility index (Phi) is 5.46. The number of ether oxygens (including phenoxy) is 1. The van der Waals surface area contributed by atoms with E-state index < -0.39 is 10.8 Å². The lowest BCUT2D eigenvalue weighted by atomic mass is 10.2. The topological polar surface area (TPSA) is 120 Å². The molecule has 0 saturated carbocycles. The van der Waals surface area contributed by atoms with Crippen molar-refractivity contribution in [3.8, 4) is 11.5 Å². The number of nitrogens with one attached hydrogen (secondary N) is 1. The van der Waals surface area contributed by atoms with Crippen LogP contribution in [0.15, 0.2) is 48.7 Å². The Balaban J connectivity index is 1.67. The van der Waals surface area contributed by atoms with Crippen LogP contribution in [0.3, 0.4) is 0 Å². The lowest BCUT2D eigenvalue weighted by Gasteiger charge is -2.09. The number of phenolic OH excluding ortho intramolecular Hbond substituents is 1. The number of non-ortho nitro benzene ring substituents is 1. The van der Waals surface area contributed by atoms with E-state index in [2.05, 4.69) is 10.4 Å². The smallest absolute Gasteiger partial charge is 0.276 e. The van der Waals surface area contributed by atoms with Gasteiger partial charge in [-0.2, -0.15) is 5.10 Å². The van der Waals surface area contributed by atoms with E-state index in [1.54, 1.807) is 24.4 Å². The highest BCUT2D eigenvalue weighted by Crippen LogP contribution is 2.28. The Morgan fingerprint density at radius 2 is 2.11 bits per heavy atom. The van der Waals surface area contributed by atoms with Crippen molar-refractivity contribution in [2.24, 2.45) is 0 Å². The maximum Gasteiger partial charge on any atom is 0.276 e. The van der Waals surface area contributed by atoms with Gasteiger partial charge < -0.3 is 15.2 Å². The molecule has 0 bridgehead atoms. The van der Waals surface area contributed by atoms with Gasteiger partial charge in [0.15, 0.2) is 12.4 Å². The van der Waals surface area contributed by atoms with Crippen LogP contribution in [0.2, 0.25) is 5.02 Å². The normalized spacial score (nSPS) is 10.5. The van der Waals surface area contributed by atoms with Crippen LogP contribution in [0.5, 0.6) is 11.5 Å². The molecule has 10 heteroatoms. The van der Waals surface area contributed by atoms with Crippen molar-refractivity contribution < 1.29 is 19.6 Å². The number of aromatic hydroxyl groups is 1. The number of anilines is 1. The molecule has 0 aliphatic heterocycles. The number of nitro groups is 1. The van der Waals surface area contributed by atoms with Crippen LogP contribution >= 0.6 is 11.6 Å². The summed E-state index contributed by atoms with van der Waals surface area (Å²) in [7, 11) is 0. The molecule has 0 saturated heterocycles. The number of rotatable bonds is 6. The van der Waals surface area contributed by atoms with Crippen LogP contribution in [0.1, 0.15) is 16.1 Å². The van der Waals surface area contributed by atoms with Crippen molar-refractivity contribution in [3.05, 3.63) is 75.1 Å². The number of phenols is 1. The minimum Gasteiger partial charge on any atom is -0.506 e. The number of nitro benzene ring substituents is 1. The third-order valence-electron chi connectivity index (χ3n) is 3.80. The first-order valence-electron chi connectivity index (χ1n) is 8.04. The molecule has 0 radical (unpaired) electrons. The molecule has 3 aromatic rings. The number of aromatic nitrogens is 2. The molecule has 1 heterocycles. The van der Waals surface area contributed by atoms with Crippen LogP contribution in [0, 0.1) is 17.0 Å². The number of carbonyl (C=O) groups excluding carboxylic acids is 1. The summed E-state index contributed by atoms with van der Waals surface area (Å²) in [4.78, 5) is 22.5. The molecule has 0 fully saturated rings. The summed E-state index contributed by atoms with van der Waals surface area (Å²) in [6.45, 7) is 1.92. The van der Waals surface area contributed by atoms with Crippen molar-refractivity contribution in [3.63, 3.8) is 0 Å². The molecule has 0 aliphatic carbocycles. The molecular weight excluding hydrogens is 388 g/mol. The van der Waals surface area contributed by atoms with E-state index in [9.17, 15) is 20.0 Å². The fourth-order valence-corrected chi connectivity index (χ4v) is 2.62. The average molecular weight is 403 g/mol. The predicted octanol–water partition coefficient (Wildman–Crippen LogP) is 3.75. The highest BCUT2D eigenvalue weighted by molar-refractivity contribution is 6.30. The van der Waals surface area contributed by atoms with Gasteiger partial charge >= 0.3 is 0 Å². The number of hydrogen-bond donors (Lipinski definition) is 2. The van der Waals surface area contributed by atoms with E-state index in [0.717, 1.165) is 23.8 Å². The molecule has 2 N–H and O–H groups in total. The number of aryl methyl sites for hydroxylation is 1. The van der Waals surface area contributed by atoms with Gasteiger partial charge in [0.25, 0.3) is 11.6 Å². The molecule has 0 spiro atoms. The molecule has 144 valence electrons. The lowest BCUT2D eigenvalue weighted by molar-refractivity contribution is -0.384. The third kappa shape index (κ3) is 4.38. The Bertz CT molecular complexity index is 1050. The zero-order valence-electron chi connectivity index (χ0n) is 14.6. The summed E-state index contributed by atoms with van der Waals surface area (Å²) in [6, 6.07) is 10.0. The predicted molar refractivity (Wildman–Crippen MR) is 102 cm³/mol. The van der Waals surface area contributed by atoms with Crippen LogP contribution < -0.4 is 10.1 Å². The van der Waals surface area contributed by atoms with Gasteiger partial charge in [0.1, 0.15) is 11.5 Å². The van der Waals surface area contributed by atoms with Gasteiger partial charge in [0.05, 0.1) is 10.6 Å². The second-order valence-electron chi connectivity index (χ2n) is 5.84. The fraction of sp³-hybridized carbons (Fsp3) is 0.111. The summed E-state index contributed by atoms with van der Waals surface area (Å²) in [6.07, 6.45) is 1.55. The molecule has 9 nitrogen and oxygen atoms in total. The maximum atomic E-state index is 12.3. The van der Waals surface area contributed by atoms with E-state index in [4.69, 9.17) is 16.3 Å². The number of nitrogens with zero attached hydrogens (tertiary/aromatic N) is 3. The molecular formula is C18H15ClN4O5. The standard InChI is InChI=1S/C18H15ClN4O5/c1-11-8-12(19)2-5-17(11)28-10-22-7-6-14(21-22)18(25)20-15-9-13(23(26)27)3-4-16(15)24/h2-9,24H,10H2,1H3,(H,20,25). The lowest BCUT2D eigenvalue weighted by Crippen LogP contribution is -2.14. The summed E-state index contributed by atoms with van der Waals surface area (Å²) in [5, 5.41) is 27.7. The largest absolute Gasteiger partial charge is 0.506 e. The highest BCUT2D eigenvalue weighted by atomic mass is 35.5. The van der Waals surface area contributed by atoms with Gasteiger partial charge in [-0.3, -0.25) is 14.9 Å². The first-order valence-corrected chi connectivity index (χ1v) is 8.42. The van der Waals surface area contributed by atoms with Crippen LogP contribution in [-0.4, -0.2) is 25.7 Å². The Morgan fingerprint density at radius 3 is 2.82 bits per heavy atom. The van der Waals surface area contributed by atoms with Gasteiger partial charge in [0.2, 0.25) is 0 Å². The van der Waals surface area contributed by atoms with Crippen molar-refractivity contribution >= 4 is 28.9 Å². The Labute approximate surface area is 164 Å².